The van der Waals surface area contributed by atoms with E-state index in [1.165, 1.54) is 37.4 Å². The fourth-order valence-corrected chi connectivity index (χ4v) is 4.19. The maximum absolute atomic E-state index is 14.0. The van der Waals surface area contributed by atoms with Crippen LogP contribution in [0.4, 0.5) is 14.5 Å². The molecule has 1 unspecified atom stereocenters. The number of aliphatic hydroxyl groups is 1. The first-order valence-electron chi connectivity index (χ1n) is 10.9. The summed E-state index contributed by atoms with van der Waals surface area (Å²) < 4.78 is 33.0. The SMILES string of the molecule is COc1ccc(/C(O)=C2/C(=O)C(=O)N(c3ccc(F)c(F)c3)C2c2ccc(O)cc2)cc1C(C)C. The maximum Gasteiger partial charge on any atom is 0.300 e. The summed E-state index contributed by atoms with van der Waals surface area (Å²) in [5, 5.41) is 21.0. The van der Waals surface area contributed by atoms with Gasteiger partial charge in [-0.25, -0.2) is 8.78 Å². The number of aliphatic hydroxyl groups excluding tert-OH is 1. The summed E-state index contributed by atoms with van der Waals surface area (Å²) in [5.41, 5.74) is 1.19. The molecular weight excluding hydrogens is 456 g/mol. The van der Waals surface area contributed by atoms with Crippen molar-refractivity contribution in [1.29, 1.82) is 0 Å². The Kier molecular flexibility index (Phi) is 6.30. The van der Waals surface area contributed by atoms with Gasteiger partial charge in [-0.05, 0) is 59.5 Å². The fraction of sp³-hybridized carbons (Fsp3) is 0.185. The Morgan fingerprint density at radius 3 is 2.26 bits per heavy atom. The number of nitrogens with zero attached hydrogens (tertiary/aromatic N) is 1. The summed E-state index contributed by atoms with van der Waals surface area (Å²) in [7, 11) is 1.53. The quantitative estimate of drug-likeness (QED) is 0.290. The molecule has 0 radical (unpaired) electrons. The molecule has 1 heterocycles. The van der Waals surface area contributed by atoms with Crippen LogP contribution in [0.1, 0.15) is 42.5 Å². The van der Waals surface area contributed by atoms with Crippen LogP contribution in [-0.4, -0.2) is 29.0 Å². The van der Waals surface area contributed by atoms with E-state index >= 15 is 0 Å². The van der Waals surface area contributed by atoms with Gasteiger partial charge in [0, 0.05) is 17.3 Å². The first-order valence-corrected chi connectivity index (χ1v) is 10.9. The van der Waals surface area contributed by atoms with Gasteiger partial charge in [0.1, 0.15) is 17.3 Å². The molecular formula is C27H23F2NO5. The van der Waals surface area contributed by atoms with Crippen LogP contribution in [0.3, 0.4) is 0 Å². The van der Waals surface area contributed by atoms with Gasteiger partial charge in [0.2, 0.25) is 0 Å². The Bertz CT molecular complexity index is 1350. The van der Waals surface area contributed by atoms with Crippen molar-refractivity contribution in [3.05, 3.63) is 94.6 Å². The summed E-state index contributed by atoms with van der Waals surface area (Å²) >= 11 is 0. The number of carbonyl (C=O) groups excluding carboxylic acids is 2. The first kappa shape index (κ1) is 23.9. The first-order chi connectivity index (χ1) is 16.6. The number of hydrogen-bond acceptors (Lipinski definition) is 5. The second-order valence-electron chi connectivity index (χ2n) is 8.47. The van der Waals surface area contributed by atoms with E-state index in [9.17, 15) is 28.6 Å². The van der Waals surface area contributed by atoms with E-state index in [1.807, 2.05) is 13.8 Å². The third-order valence-electron chi connectivity index (χ3n) is 5.96. The van der Waals surface area contributed by atoms with E-state index in [-0.39, 0.29) is 22.9 Å². The second-order valence-corrected chi connectivity index (χ2v) is 8.47. The third kappa shape index (κ3) is 4.23. The molecule has 1 amide bonds. The summed E-state index contributed by atoms with van der Waals surface area (Å²) in [5.74, 6) is -4.10. The number of Topliss-reactive ketones (excluding diaryl/α,β-unsaturated/α-hetero) is 1. The highest BCUT2D eigenvalue weighted by Gasteiger charge is 2.47. The molecule has 0 aromatic heterocycles. The van der Waals surface area contributed by atoms with E-state index in [4.69, 9.17) is 4.74 Å². The average Bonchev–Trinajstić information content (AvgIpc) is 3.10. The molecule has 1 aliphatic rings. The Morgan fingerprint density at radius 2 is 1.66 bits per heavy atom. The molecule has 1 atom stereocenters. The molecule has 35 heavy (non-hydrogen) atoms. The lowest BCUT2D eigenvalue weighted by atomic mass is 9.93. The molecule has 4 rings (SSSR count). The summed E-state index contributed by atoms with van der Waals surface area (Å²) in [4.78, 5) is 27.3. The maximum atomic E-state index is 14.0. The summed E-state index contributed by atoms with van der Waals surface area (Å²) in [6.07, 6.45) is 0. The molecule has 1 saturated heterocycles. The number of aromatic hydroxyl groups is 1. The number of carbonyl (C=O) groups is 2. The Labute approximate surface area is 200 Å². The standard InChI is InChI=1S/C27H23F2NO5/c1-14(2)19-12-16(6-11-22(19)35-3)25(32)23-24(15-4-8-18(31)9-5-15)30(27(34)26(23)33)17-7-10-20(28)21(29)13-17/h4-14,24,31-32H,1-3H3/b25-23-. The fourth-order valence-electron chi connectivity index (χ4n) is 4.19. The number of amides is 1. The number of ether oxygens (including phenoxy) is 1. The highest BCUT2D eigenvalue weighted by Crippen LogP contribution is 2.43. The topological polar surface area (TPSA) is 87.1 Å². The van der Waals surface area contributed by atoms with Gasteiger partial charge >= 0.3 is 0 Å². The predicted molar refractivity (Wildman–Crippen MR) is 126 cm³/mol. The molecule has 2 N–H and O–H groups in total. The monoisotopic (exact) mass is 479 g/mol. The summed E-state index contributed by atoms with van der Waals surface area (Å²) in [6.45, 7) is 3.89. The molecule has 3 aromatic carbocycles. The smallest absolute Gasteiger partial charge is 0.300 e. The van der Waals surface area contributed by atoms with Crippen LogP contribution in [0.15, 0.2) is 66.2 Å². The minimum absolute atomic E-state index is 0.0372. The third-order valence-corrected chi connectivity index (χ3v) is 5.96. The highest BCUT2D eigenvalue weighted by atomic mass is 19.2. The van der Waals surface area contributed by atoms with Gasteiger partial charge in [0.05, 0.1) is 18.7 Å². The van der Waals surface area contributed by atoms with E-state index in [0.717, 1.165) is 22.6 Å². The molecule has 6 nitrogen and oxygen atoms in total. The van der Waals surface area contributed by atoms with Crippen LogP contribution in [0.25, 0.3) is 5.76 Å². The van der Waals surface area contributed by atoms with Gasteiger partial charge in [-0.2, -0.15) is 0 Å². The van der Waals surface area contributed by atoms with Crippen LogP contribution in [0.2, 0.25) is 0 Å². The number of anilines is 1. The van der Waals surface area contributed by atoms with Crippen LogP contribution in [-0.2, 0) is 9.59 Å². The van der Waals surface area contributed by atoms with Crippen LogP contribution < -0.4 is 9.64 Å². The number of ketones is 1. The average molecular weight is 479 g/mol. The lowest BCUT2D eigenvalue weighted by molar-refractivity contribution is -0.132. The predicted octanol–water partition coefficient (Wildman–Crippen LogP) is 5.43. The van der Waals surface area contributed by atoms with Crippen LogP contribution in [0, 0.1) is 11.6 Å². The lowest BCUT2D eigenvalue weighted by Crippen LogP contribution is -2.29. The van der Waals surface area contributed by atoms with Gasteiger partial charge in [-0.1, -0.05) is 26.0 Å². The van der Waals surface area contributed by atoms with Crippen molar-refractivity contribution >= 4 is 23.1 Å². The Hall–Kier alpha value is -4.20. The van der Waals surface area contributed by atoms with Gasteiger partial charge in [0.15, 0.2) is 11.6 Å². The molecule has 0 aliphatic carbocycles. The zero-order chi connectivity index (χ0) is 25.4. The highest BCUT2D eigenvalue weighted by molar-refractivity contribution is 6.51. The van der Waals surface area contributed by atoms with E-state index in [1.54, 1.807) is 18.2 Å². The number of hydrogen-bond donors (Lipinski definition) is 2. The molecule has 1 aliphatic heterocycles. The Balaban J connectivity index is 1.95. The number of rotatable bonds is 5. The molecule has 1 fully saturated rings. The van der Waals surface area contributed by atoms with Crippen LogP contribution in [0.5, 0.6) is 11.5 Å². The van der Waals surface area contributed by atoms with Gasteiger partial charge in [0.25, 0.3) is 11.7 Å². The molecule has 0 bridgehead atoms. The van der Waals surface area contributed by atoms with Crippen molar-refractivity contribution in [2.24, 2.45) is 0 Å². The van der Waals surface area contributed by atoms with Gasteiger partial charge < -0.3 is 14.9 Å². The van der Waals surface area contributed by atoms with E-state index in [0.29, 0.717) is 16.9 Å². The second kappa shape index (κ2) is 9.21. The largest absolute Gasteiger partial charge is 0.508 e. The molecule has 8 heteroatoms. The zero-order valence-corrected chi connectivity index (χ0v) is 19.3. The zero-order valence-electron chi connectivity index (χ0n) is 19.3. The van der Waals surface area contributed by atoms with Gasteiger partial charge in [-0.15, -0.1) is 0 Å². The normalized spacial score (nSPS) is 17.3. The molecule has 180 valence electrons. The van der Waals surface area contributed by atoms with Crippen molar-refractivity contribution in [1.82, 2.24) is 0 Å². The number of phenols is 1. The van der Waals surface area contributed by atoms with E-state index in [2.05, 4.69) is 0 Å². The molecule has 0 spiro atoms. The summed E-state index contributed by atoms with van der Waals surface area (Å²) in [6, 6.07) is 12.3. The minimum atomic E-state index is -1.19. The molecule has 0 saturated carbocycles. The number of phenolic OH excluding ortho intramolecular Hbond substituents is 1. The van der Waals surface area contributed by atoms with Gasteiger partial charge in [-0.3, -0.25) is 14.5 Å². The minimum Gasteiger partial charge on any atom is -0.508 e. The molecule has 3 aromatic rings. The van der Waals surface area contributed by atoms with Crippen molar-refractivity contribution in [2.75, 3.05) is 12.0 Å². The van der Waals surface area contributed by atoms with Crippen molar-refractivity contribution in [2.45, 2.75) is 25.8 Å². The van der Waals surface area contributed by atoms with Crippen molar-refractivity contribution in [3.63, 3.8) is 0 Å². The number of halogens is 2. The van der Waals surface area contributed by atoms with E-state index < -0.39 is 35.1 Å². The van der Waals surface area contributed by atoms with Crippen LogP contribution >= 0.6 is 0 Å². The number of benzene rings is 3. The van der Waals surface area contributed by atoms with Crippen molar-refractivity contribution in [3.8, 4) is 11.5 Å². The number of methoxy groups -OCH3 is 1. The lowest BCUT2D eigenvalue weighted by Gasteiger charge is -2.25. The Morgan fingerprint density at radius 1 is 0.971 bits per heavy atom. The van der Waals surface area contributed by atoms with Crippen molar-refractivity contribution < 1.29 is 33.3 Å².